The number of amides is 1. The number of hydrogen-bond acceptors (Lipinski definition) is 2. The lowest BCUT2D eigenvalue weighted by Gasteiger charge is -2.37. The van der Waals surface area contributed by atoms with Crippen LogP contribution in [0.4, 0.5) is 0 Å². The van der Waals surface area contributed by atoms with Crippen LogP contribution in [0.2, 0.25) is 0 Å². The summed E-state index contributed by atoms with van der Waals surface area (Å²) in [5.74, 6) is 0.866. The molecule has 100 valence electrons. The number of alkyl halides is 1. The highest BCUT2D eigenvalue weighted by molar-refractivity contribution is 6.17. The van der Waals surface area contributed by atoms with Gasteiger partial charge in [0.25, 0.3) is 0 Å². The van der Waals surface area contributed by atoms with Gasteiger partial charge in [-0.1, -0.05) is 13.8 Å². The summed E-state index contributed by atoms with van der Waals surface area (Å²) < 4.78 is 0. The SMILES string of the molecule is CCN(CC)C1CCN(C(=O)CCCCl)CC1. The zero-order chi connectivity index (χ0) is 12.7. The quantitative estimate of drug-likeness (QED) is 0.685. The van der Waals surface area contributed by atoms with Crippen molar-refractivity contribution in [2.75, 3.05) is 32.1 Å². The first kappa shape index (κ1) is 14.8. The Kier molecular flexibility index (Phi) is 6.90. The minimum absolute atomic E-state index is 0.281. The van der Waals surface area contributed by atoms with Gasteiger partial charge in [-0.25, -0.2) is 0 Å². The van der Waals surface area contributed by atoms with Gasteiger partial charge in [0, 0.05) is 31.4 Å². The number of likely N-dealkylation sites (tertiary alicyclic amines) is 1. The number of rotatable bonds is 6. The highest BCUT2D eigenvalue weighted by atomic mass is 35.5. The van der Waals surface area contributed by atoms with Crippen LogP contribution in [0.5, 0.6) is 0 Å². The van der Waals surface area contributed by atoms with Crippen LogP contribution < -0.4 is 0 Å². The molecule has 3 nitrogen and oxygen atoms in total. The number of halogens is 1. The van der Waals surface area contributed by atoms with Crippen LogP contribution in [0.15, 0.2) is 0 Å². The normalized spacial score (nSPS) is 17.8. The lowest BCUT2D eigenvalue weighted by molar-refractivity contribution is -0.132. The second-order valence-corrected chi connectivity index (χ2v) is 5.00. The standard InChI is InChI=1S/C13H25ClN2O/c1-3-15(4-2)12-7-10-16(11-8-12)13(17)6-5-9-14/h12H,3-11H2,1-2H3. The molecule has 0 atom stereocenters. The van der Waals surface area contributed by atoms with E-state index in [4.69, 9.17) is 11.6 Å². The van der Waals surface area contributed by atoms with Crippen LogP contribution in [0.3, 0.4) is 0 Å². The molecule has 0 aromatic rings. The number of carbonyl (C=O) groups excluding carboxylic acids is 1. The molecule has 1 heterocycles. The van der Waals surface area contributed by atoms with E-state index >= 15 is 0 Å². The molecule has 0 unspecified atom stereocenters. The Balaban J connectivity index is 2.32. The molecule has 1 aliphatic heterocycles. The highest BCUT2D eigenvalue weighted by Gasteiger charge is 2.24. The molecule has 17 heavy (non-hydrogen) atoms. The van der Waals surface area contributed by atoms with Crippen LogP contribution in [0, 0.1) is 0 Å². The van der Waals surface area contributed by atoms with E-state index in [-0.39, 0.29) is 5.91 Å². The van der Waals surface area contributed by atoms with Crippen molar-refractivity contribution in [3.8, 4) is 0 Å². The van der Waals surface area contributed by atoms with E-state index in [0.717, 1.165) is 45.4 Å². The van der Waals surface area contributed by atoms with E-state index in [0.29, 0.717) is 18.3 Å². The summed E-state index contributed by atoms with van der Waals surface area (Å²) in [6, 6.07) is 0.669. The van der Waals surface area contributed by atoms with E-state index in [2.05, 4.69) is 18.7 Å². The molecule has 0 radical (unpaired) electrons. The summed E-state index contributed by atoms with van der Waals surface area (Å²) in [5.41, 5.74) is 0. The number of nitrogens with zero attached hydrogens (tertiary/aromatic N) is 2. The predicted octanol–water partition coefficient (Wildman–Crippen LogP) is 2.34. The smallest absolute Gasteiger partial charge is 0.222 e. The second kappa shape index (κ2) is 7.93. The third-order valence-corrected chi connectivity index (χ3v) is 3.94. The third-order valence-electron chi connectivity index (χ3n) is 3.67. The molecule has 0 saturated carbocycles. The Morgan fingerprint density at radius 2 is 1.88 bits per heavy atom. The van der Waals surface area contributed by atoms with Gasteiger partial charge in [0.1, 0.15) is 0 Å². The molecule has 0 spiro atoms. The fourth-order valence-electron chi connectivity index (χ4n) is 2.60. The Hall–Kier alpha value is -0.280. The summed E-state index contributed by atoms with van der Waals surface area (Å²) in [4.78, 5) is 16.3. The summed E-state index contributed by atoms with van der Waals surface area (Å²) in [5, 5.41) is 0. The van der Waals surface area contributed by atoms with Crippen LogP contribution in [-0.2, 0) is 4.79 Å². The highest BCUT2D eigenvalue weighted by Crippen LogP contribution is 2.17. The van der Waals surface area contributed by atoms with E-state index in [1.165, 1.54) is 0 Å². The van der Waals surface area contributed by atoms with Crippen molar-refractivity contribution in [1.82, 2.24) is 9.80 Å². The van der Waals surface area contributed by atoms with Gasteiger partial charge in [0.05, 0.1) is 0 Å². The molecule has 0 N–H and O–H groups in total. The molecule has 0 aliphatic carbocycles. The van der Waals surface area contributed by atoms with Crippen LogP contribution in [0.25, 0.3) is 0 Å². The van der Waals surface area contributed by atoms with Gasteiger partial charge >= 0.3 is 0 Å². The molecule has 1 saturated heterocycles. The van der Waals surface area contributed by atoms with Crippen LogP contribution in [-0.4, -0.2) is 53.8 Å². The second-order valence-electron chi connectivity index (χ2n) is 4.63. The summed E-state index contributed by atoms with van der Waals surface area (Å²) >= 11 is 5.61. The molecule has 0 aromatic heterocycles. The van der Waals surface area contributed by atoms with Crippen molar-refractivity contribution >= 4 is 17.5 Å². The topological polar surface area (TPSA) is 23.6 Å². The summed E-state index contributed by atoms with van der Waals surface area (Å²) in [7, 11) is 0. The summed E-state index contributed by atoms with van der Waals surface area (Å²) in [6.45, 7) is 8.48. The molecular weight excluding hydrogens is 236 g/mol. The maximum atomic E-state index is 11.8. The lowest BCUT2D eigenvalue weighted by Crippen LogP contribution is -2.46. The molecule has 0 bridgehead atoms. The number of hydrogen-bond donors (Lipinski definition) is 0. The first-order valence-electron chi connectivity index (χ1n) is 6.80. The van der Waals surface area contributed by atoms with E-state index < -0.39 is 0 Å². The fourth-order valence-corrected chi connectivity index (χ4v) is 2.73. The van der Waals surface area contributed by atoms with Crippen molar-refractivity contribution in [2.24, 2.45) is 0 Å². The van der Waals surface area contributed by atoms with Crippen molar-refractivity contribution in [3.63, 3.8) is 0 Å². The summed E-state index contributed by atoms with van der Waals surface area (Å²) in [6.07, 6.45) is 3.65. The first-order valence-corrected chi connectivity index (χ1v) is 7.34. The molecule has 1 fully saturated rings. The van der Waals surface area contributed by atoms with Gasteiger partial charge in [0.2, 0.25) is 5.91 Å². The van der Waals surface area contributed by atoms with Gasteiger partial charge in [-0.05, 0) is 32.4 Å². The predicted molar refractivity (Wildman–Crippen MR) is 72.5 cm³/mol. The molecule has 1 aliphatic rings. The average molecular weight is 261 g/mol. The Morgan fingerprint density at radius 1 is 1.29 bits per heavy atom. The van der Waals surface area contributed by atoms with Crippen molar-refractivity contribution < 1.29 is 4.79 Å². The van der Waals surface area contributed by atoms with Crippen molar-refractivity contribution in [2.45, 2.75) is 45.6 Å². The van der Waals surface area contributed by atoms with Gasteiger partial charge < -0.3 is 9.80 Å². The Bertz CT molecular complexity index is 223. The Morgan fingerprint density at radius 3 is 2.35 bits per heavy atom. The third kappa shape index (κ3) is 4.47. The van der Waals surface area contributed by atoms with Gasteiger partial charge in [-0.15, -0.1) is 11.6 Å². The van der Waals surface area contributed by atoms with Crippen molar-refractivity contribution in [1.29, 1.82) is 0 Å². The van der Waals surface area contributed by atoms with Gasteiger partial charge in [-0.2, -0.15) is 0 Å². The maximum Gasteiger partial charge on any atom is 0.222 e. The minimum Gasteiger partial charge on any atom is -0.343 e. The van der Waals surface area contributed by atoms with E-state index in [9.17, 15) is 4.79 Å². The first-order chi connectivity index (χ1) is 8.22. The molecule has 0 aromatic carbocycles. The molecule has 1 rings (SSSR count). The molecular formula is C13H25ClN2O. The lowest BCUT2D eigenvalue weighted by atomic mass is 10.0. The largest absolute Gasteiger partial charge is 0.343 e. The average Bonchev–Trinajstić information content (AvgIpc) is 2.38. The van der Waals surface area contributed by atoms with Crippen molar-refractivity contribution in [3.05, 3.63) is 0 Å². The fraction of sp³-hybridized carbons (Fsp3) is 0.923. The minimum atomic E-state index is 0.281. The maximum absolute atomic E-state index is 11.8. The molecule has 1 amide bonds. The zero-order valence-corrected chi connectivity index (χ0v) is 11.9. The van der Waals surface area contributed by atoms with Gasteiger partial charge in [-0.3, -0.25) is 4.79 Å². The van der Waals surface area contributed by atoms with Crippen LogP contribution in [0.1, 0.15) is 39.5 Å². The van der Waals surface area contributed by atoms with Crippen LogP contribution >= 0.6 is 11.6 Å². The number of piperidine rings is 1. The monoisotopic (exact) mass is 260 g/mol. The van der Waals surface area contributed by atoms with Gasteiger partial charge in [0.15, 0.2) is 0 Å². The van der Waals surface area contributed by atoms with E-state index in [1.54, 1.807) is 0 Å². The zero-order valence-electron chi connectivity index (χ0n) is 11.1. The molecule has 4 heteroatoms. The Labute approximate surface area is 110 Å². The van der Waals surface area contributed by atoms with E-state index in [1.807, 2.05) is 4.90 Å². The number of carbonyl (C=O) groups is 1.